The molecule has 6 heteroatoms. The summed E-state index contributed by atoms with van der Waals surface area (Å²) in [6, 6.07) is 0. The van der Waals surface area contributed by atoms with E-state index in [1.165, 1.54) is 32.1 Å². The molecule has 54 heavy (non-hydrogen) atoms. The van der Waals surface area contributed by atoms with Crippen molar-refractivity contribution in [3.63, 3.8) is 0 Å². The molecule has 6 nitrogen and oxygen atoms in total. The Morgan fingerprint density at radius 2 is 0.907 bits per heavy atom. The standard InChI is InChI=1S/C48H75NO5/c1-3-5-7-9-11-13-15-17-19-20-21-22-23-24-25-27-29-31-33-35-37-43-48(53)54-45(41-38-39-42-46(50)49-44-47(51)52)40-36-34-32-30-28-26-18-16-14-12-10-8-6-4-2/h5-8,11-14,17-19,21-22,26,30,32,36,40,45H,3-4,9-10,15-16,20,23-25,27-29,31,33-35,37-39,41-44H2,1-2H3,(H,49,50)(H,51,52)/b7-5-,8-6-,13-11-,14-12-,19-17-,22-21-,26-18-,32-30-,40-36-. The highest BCUT2D eigenvalue weighted by atomic mass is 16.5. The number of hydrogen-bond donors (Lipinski definition) is 2. The number of carboxylic acids is 1. The fourth-order valence-electron chi connectivity index (χ4n) is 5.39. The van der Waals surface area contributed by atoms with Crippen molar-refractivity contribution in [3.8, 4) is 0 Å². The summed E-state index contributed by atoms with van der Waals surface area (Å²) in [7, 11) is 0. The first-order chi connectivity index (χ1) is 26.5. The van der Waals surface area contributed by atoms with Crippen molar-refractivity contribution >= 4 is 17.8 Å². The predicted molar refractivity (Wildman–Crippen MR) is 230 cm³/mol. The van der Waals surface area contributed by atoms with Crippen LogP contribution in [0.4, 0.5) is 0 Å². The summed E-state index contributed by atoms with van der Waals surface area (Å²) in [5, 5.41) is 11.1. The van der Waals surface area contributed by atoms with Crippen molar-refractivity contribution in [2.45, 2.75) is 168 Å². The highest BCUT2D eigenvalue weighted by Crippen LogP contribution is 2.14. The zero-order chi connectivity index (χ0) is 39.4. The van der Waals surface area contributed by atoms with Gasteiger partial charge < -0.3 is 15.2 Å². The van der Waals surface area contributed by atoms with E-state index >= 15 is 0 Å². The van der Waals surface area contributed by atoms with Crippen LogP contribution in [0, 0.1) is 0 Å². The zero-order valence-electron chi connectivity index (χ0n) is 34.0. The molecular weight excluding hydrogens is 671 g/mol. The molecule has 1 atom stereocenters. The van der Waals surface area contributed by atoms with Crippen LogP contribution in [0.1, 0.15) is 162 Å². The summed E-state index contributed by atoms with van der Waals surface area (Å²) < 4.78 is 5.83. The Hall–Kier alpha value is -3.93. The minimum Gasteiger partial charge on any atom is -0.480 e. The fourth-order valence-corrected chi connectivity index (χ4v) is 5.39. The third-order valence-electron chi connectivity index (χ3n) is 8.42. The van der Waals surface area contributed by atoms with E-state index in [1.54, 1.807) is 0 Å². The molecule has 0 aliphatic rings. The number of amides is 1. The molecule has 302 valence electrons. The molecule has 0 aromatic heterocycles. The lowest BCUT2D eigenvalue weighted by molar-refractivity contribution is -0.147. The first-order valence-electron chi connectivity index (χ1n) is 21.0. The maximum Gasteiger partial charge on any atom is 0.322 e. The molecule has 0 aromatic rings. The number of aliphatic carboxylic acids is 1. The number of rotatable bonds is 36. The van der Waals surface area contributed by atoms with Crippen LogP contribution in [-0.2, 0) is 19.1 Å². The van der Waals surface area contributed by atoms with E-state index in [2.05, 4.69) is 116 Å². The van der Waals surface area contributed by atoms with Crippen LogP contribution < -0.4 is 5.32 Å². The van der Waals surface area contributed by atoms with Gasteiger partial charge in [0.1, 0.15) is 12.6 Å². The van der Waals surface area contributed by atoms with Crippen LogP contribution in [0.2, 0.25) is 0 Å². The number of unbranched alkanes of at least 4 members (excludes halogenated alkanes) is 9. The highest BCUT2D eigenvalue weighted by Gasteiger charge is 2.12. The lowest BCUT2D eigenvalue weighted by Crippen LogP contribution is -2.28. The van der Waals surface area contributed by atoms with Crippen molar-refractivity contribution in [1.82, 2.24) is 5.32 Å². The number of carbonyl (C=O) groups is 3. The van der Waals surface area contributed by atoms with E-state index < -0.39 is 5.97 Å². The average Bonchev–Trinajstić information content (AvgIpc) is 3.16. The second kappa shape index (κ2) is 41.8. The molecule has 0 rings (SSSR count). The van der Waals surface area contributed by atoms with Gasteiger partial charge >= 0.3 is 11.9 Å². The Balaban J connectivity index is 4.26. The number of carbonyl (C=O) groups excluding carboxylic acids is 2. The van der Waals surface area contributed by atoms with Gasteiger partial charge in [-0.25, -0.2) is 0 Å². The maximum absolute atomic E-state index is 12.7. The molecule has 0 spiro atoms. The Morgan fingerprint density at radius 1 is 0.500 bits per heavy atom. The molecule has 0 saturated carbocycles. The molecule has 0 radical (unpaired) electrons. The van der Waals surface area contributed by atoms with Crippen molar-refractivity contribution in [2.24, 2.45) is 0 Å². The van der Waals surface area contributed by atoms with Gasteiger partial charge in [0.25, 0.3) is 0 Å². The Labute approximate surface area is 330 Å². The summed E-state index contributed by atoms with van der Waals surface area (Å²) in [6.45, 7) is 3.93. The predicted octanol–water partition coefficient (Wildman–Crippen LogP) is 13.1. The number of carboxylic acid groups (broad SMARTS) is 1. The topological polar surface area (TPSA) is 92.7 Å². The van der Waals surface area contributed by atoms with Crippen LogP contribution in [0.25, 0.3) is 0 Å². The number of esters is 1. The van der Waals surface area contributed by atoms with E-state index in [9.17, 15) is 14.4 Å². The quantitative estimate of drug-likeness (QED) is 0.0378. The Bertz CT molecular complexity index is 1180. The second-order valence-electron chi connectivity index (χ2n) is 13.5. The van der Waals surface area contributed by atoms with Crippen LogP contribution in [0.3, 0.4) is 0 Å². The third kappa shape index (κ3) is 40.8. The first kappa shape index (κ1) is 50.1. The van der Waals surface area contributed by atoms with E-state index in [-0.39, 0.29) is 30.9 Å². The molecule has 0 aromatic carbocycles. The van der Waals surface area contributed by atoms with Gasteiger partial charge in [0, 0.05) is 12.8 Å². The summed E-state index contributed by atoms with van der Waals surface area (Å²) in [5.74, 6) is -1.50. The molecule has 0 aliphatic carbocycles. The highest BCUT2D eigenvalue weighted by molar-refractivity contribution is 5.81. The molecule has 1 unspecified atom stereocenters. The number of ether oxygens (including phenoxy) is 1. The van der Waals surface area contributed by atoms with Crippen molar-refractivity contribution < 1.29 is 24.2 Å². The van der Waals surface area contributed by atoms with Crippen molar-refractivity contribution in [1.29, 1.82) is 0 Å². The van der Waals surface area contributed by atoms with Gasteiger partial charge in [0.15, 0.2) is 0 Å². The largest absolute Gasteiger partial charge is 0.480 e. The minimum atomic E-state index is -1.06. The van der Waals surface area contributed by atoms with Crippen LogP contribution in [0.5, 0.6) is 0 Å². The maximum atomic E-state index is 12.7. The number of allylic oxidation sites excluding steroid dienone is 17. The average molecular weight is 746 g/mol. The van der Waals surface area contributed by atoms with Gasteiger partial charge in [0.05, 0.1) is 0 Å². The monoisotopic (exact) mass is 746 g/mol. The van der Waals surface area contributed by atoms with E-state index in [4.69, 9.17) is 9.84 Å². The lowest BCUT2D eigenvalue weighted by atomic mass is 10.1. The number of nitrogens with one attached hydrogen (secondary N) is 1. The normalized spacial score (nSPS) is 13.2. The zero-order valence-corrected chi connectivity index (χ0v) is 34.0. The Morgan fingerprint density at radius 3 is 1.39 bits per heavy atom. The summed E-state index contributed by atoms with van der Waals surface area (Å²) >= 11 is 0. The molecule has 2 N–H and O–H groups in total. The molecule has 0 aliphatic heterocycles. The molecule has 0 bridgehead atoms. The van der Waals surface area contributed by atoms with Gasteiger partial charge in [-0.2, -0.15) is 0 Å². The summed E-state index contributed by atoms with van der Waals surface area (Å²) in [5.41, 5.74) is 0. The van der Waals surface area contributed by atoms with Gasteiger partial charge in [-0.05, 0) is 102 Å². The van der Waals surface area contributed by atoms with Gasteiger partial charge in [-0.3, -0.25) is 14.4 Å². The van der Waals surface area contributed by atoms with E-state index in [1.807, 2.05) is 12.2 Å². The summed E-state index contributed by atoms with van der Waals surface area (Å²) in [6.07, 6.45) is 60.8. The van der Waals surface area contributed by atoms with Gasteiger partial charge in [0.2, 0.25) is 5.91 Å². The third-order valence-corrected chi connectivity index (χ3v) is 8.42. The molecule has 1 amide bonds. The van der Waals surface area contributed by atoms with Crippen molar-refractivity contribution in [2.75, 3.05) is 6.54 Å². The van der Waals surface area contributed by atoms with Crippen LogP contribution in [-0.4, -0.2) is 35.6 Å². The SMILES string of the molecule is CC/C=C\C/C=C\C/C=C\C/C=C\C/C=C\C(CCCCC(=O)NCC(=O)O)OC(=O)CCCCCCCCCC/C=C\C/C=C\C/C=C\C/C=C\CC. The second-order valence-corrected chi connectivity index (χ2v) is 13.5. The van der Waals surface area contributed by atoms with Crippen LogP contribution >= 0.6 is 0 Å². The molecular formula is C48H75NO5. The number of hydrogen-bond acceptors (Lipinski definition) is 4. The van der Waals surface area contributed by atoms with E-state index in [0.717, 1.165) is 83.5 Å². The summed E-state index contributed by atoms with van der Waals surface area (Å²) in [4.78, 5) is 35.2. The molecule has 0 fully saturated rings. The van der Waals surface area contributed by atoms with Gasteiger partial charge in [-0.1, -0.05) is 156 Å². The lowest BCUT2D eigenvalue weighted by Gasteiger charge is -2.14. The van der Waals surface area contributed by atoms with E-state index in [0.29, 0.717) is 25.7 Å². The minimum absolute atomic E-state index is 0.171. The van der Waals surface area contributed by atoms with Crippen molar-refractivity contribution in [3.05, 3.63) is 109 Å². The fraction of sp³-hybridized carbons (Fsp3) is 0.562. The van der Waals surface area contributed by atoms with Gasteiger partial charge in [-0.15, -0.1) is 0 Å². The Kier molecular flexibility index (Phi) is 38.8. The smallest absolute Gasteiger partial charge is 0.322 e. The molecule has 0 heterocycles. The van der Waals surface area contributed by atoms with Crippen LogP contribution in [0.15, 0.2) is 109 Å². The molecule has 0 saturated heterocycles. The first-order valence-corrected chi connectivity index (χ1v) is 21.0.